The van der Waals surface area contributed by atoms with Crippen LogP contribution in [0.15, 0.2) is 22.7 Å². The SMILES string of the molecule is CC1=C(C)C(C=O)N(c2nccs2)C1Cl. The van der Waals surface area contributed by atoms with E-state index in [0.29, 0.717) is 0 Å². The summed E-state index contributed by atoms with van der Waals surface area (Å²) in [6.45, 7) is 3.90. The lowest BCUT2D eigenvalue weighted by Crippen LogP contribution is -2.36. The quantitative estimate of drug-likeness (QED) is 0.346. The first-order valence-corrected chi connectivity index (χ1v) is 5.93. The summed E-state index contributed by atoms with van der Waals surface area (Å²) >= 11 is 7.76. The number of aromatic nitrogens is 1. The van der Waals surface area contributed by atoms with E-state index in [1.807, 2.05) is 24.1 Å². The largest absolute Gasteiger partial charge is 0.314 e. The summed E-state index contributed by atoms with van der Waals surface area (Å²) in [7, 11) is 0. The van der Waals surface area contributed by atoms with Gasteiger partial charge < -0.3 is 9.69 Å². The summed E-state index contributed by atoms with van der Waals surface area (Å²) in [4.78, 5) is 17.1. The number of nitrogens with zero attached hydrogens (tertiary/aromatic N) is 2. The highest BCUT2D eigenvalue weighted by Crippen LogP contribution is 2.36. The molecule has 0 fully saturated rings. The molecule has 0 amide bonds. The minimum absolute atomic E-state index is 0.258. The predicted octanol–water partition coefficient (Wildman–Crippen LogP) is 2.43. The molecule has 1 aromatic heterocycles. The van der Waals surface area contributed by atoms with Crippen LogP contribution in [0.4, 0.5) is 5.13 Å². The van der Waals surface area contributed by atoms with Crippen LogP contribution in [0.25, 0.3) is 0 Å². The third-order valence-electron chi connectivity index (χ3n) is 2.74. The Morgan fingerprint density at radius 2 is 2.27 bits per heavy atom. The van der Waals surface area contributed by atoms with Crippen LogP contribution in [0.3, 0.4) is 0 Å². The van der Waals surface area contributed by atoms with Gasteiger partial charge in [0.1, 0.15) is 17.8 Å². The van der Waals surface area contributed by atoms with E-state index in [1.165, 1.54) is 11.3 Å². The van der Waals surface area contributed by atoms with Gasteiger partial charge in [-0.15, -0.1) is 11.3 Å². The molecule has 1 aliphatic rings. The van der Waals surface area contributed by atoms with Crippen molar-refractivity contribution in [3.63, 3.8) is 0 Å². The molecule has 1 aromatic rings. The zero-order chi connectivity index (χ0) is 11.0. The number of anilines is 1. The average Bonchev–Trinajstić information content (AvgIpc) is 2.81. The number of halogens is 1. The summed E-state index contributed by atoms with van der Waals surface area (Å²) in [5.74, 6) is 0. The zero-order valence-electron chi connectivity index (χ0n) is 8.48. The Morgan fingerprint density at radius 1 is 1.53 bits per heavy atom. The van der Waals surface area contributed by atoms with Crippen molar-refractivity contribution in [1.29, 1.82) is 0 Å². The molecule has 0 bridgehead atoms. The molecule has 0 radical (unpaired) electrons. The first kappa shape index (κ1) is 10.6. The second-order valence-electron chi connectivity index (χ2n) is 3.50. The van der Waals surface area contributed by atoms with Crippen molar-refractivity contribution in [1.82, 2.24) is 4.98 Å². The van der Waals surface area contributed by atoms with Crippen molar-refractivity contribution in [3.8, 4) is 0 Å². The maximum absolute atomic E-state index is 11.1. The molecule has 0 N–H and O–H groups in total. The second kappa shape index (κ2) is 3.94. The Morgan fingerprint density at radius 3 is 2.80 bits per heavy atom. The van der Waals surface area contributed by atoms with Crippen LogP contribution in [0, 0.1) is 0 Å². The van der Waals surface area contributed by atoms with Crippen LogP contribution in [0.2, 0.25) is 0 Å². The van der Waals surface area contributed by atoms with E-state index in [9.17, 15) is 4.79 Å². The molecular formula is C10H11ClN2OS. The van der Waals surface area contributed by atoms with Gasteiger partial charge >= 0.3 is 0 Å². The Bertz CT molecular complexity index is 402. The monoisotopic (exact) mass is 242 g/mol. The van der Waals surface area contributed by atoms with Crippen molar-refractivity contribution >= 4 is 34.4 Å². The minimum Gasteiger partial charge on any atom is -0.314 e. The van der Waals surface area contributed by atoms with Crippen molar-refractivity contribution in [2.45, 2.75) is 25.4 Å². The Labute approximate surface area is 97.4 Å². The third-order valence-corrected chi connectivity index (χ3v) is 4.06. The van der Waals surface area contributed by atoms with Crippen molar-refractivity contribution in [3.05, 3.63) is 22.7 Å². The molecule has 15 heavy (non-hydrogen) atoms. The van der Waals surface area contributed by atoms with Crippen molar-refractivity contribution in [2.75, 3.05) is 4.90 Å². The number of carbonyl (C=O) groups excluding carboxylic acids is 1. The van der Waals surface area contributed by atoms with Gasteiger partial charge in [0.05, 0.1) is 0 Å². The summed E-state index contributed by atoms with van der Waals surface area (Å²) < 4.78 is 0. The fraction of sp³-hybridized carbons (Fsp3) is 0.400. The van der Waals surface area contributed by atoms with Gasteiger partial charge in [0.15, 0.2) is 5.13 Å². The molecule has 0 saturated heterocycles. The van der Waals surface area contributed by atoms with Gasteiger partial charge in [-0.05, 0) is 25.0 Å². The summed E-state index contributed by atoms with van der Waals surface area (Å²) in [5, 5.41) is 2.67. The second-order valence-corrected chi connectivity index (χ2v) is 4.79. The lowest BCUT2D eigenvalue weighted by Gasteiger charge is -2.24. The predicted molar refractivity (Wildman–Crippen MR) is 62.5 cm³/mol. The number of carbonyl (C=O) groups is 1. The maximum atomic E-state index is 11.1. The molecular weight excluding hydrogens is 232 g/mol. The van der Waals surface area contributed by atoms with E-state index in [2.05, 4.69) is 4.98 Å². The first-order valence-electron chi connectivity index (χ1n) is 4.61. The van der Waals surface area contributed by atoms with E-state index < -0.39 is 0 Å². The van der Waals surface area contributed by atoms with Crippen LogP contribution < -0.4 is 4.90 Å². The fourth-order valence-electron chi connectivity index (χ4n) is 1.71. The Kier molecular flexibility index (Phi) is 2.80. The summed E-state index contributed by atoms with van der Waals surface area (Å²) in [6.07, 6.45) is 2.64. The van der Waals surface area contributed by atoms with Gasteiger partial charge in [-0.1, -0.05) is 11.6 Å². The van der Waals surface area contributed by atoms with Crippen LogP contribution >= 0.6 is 22.9 Å². The number of thiazole rings is 1. The molecule has 80 valence electrons. The third kappa shape index (κ3) is 1.58. The fourth-order valence-corrected chi connectivity index (χ4v) is 2.86. The topological polar surface area (TPSA) is 33.2 Å². The first-order chi connectivity index (χ1) is 7.16. The zero-order valence-corrected chi connectivity index (χ0v) is 10.0. The molecule has 1 aliphatic heterocycles. The molecule has 0 aromatic carbocycles. The molecule has 5 heteroatoms. The summed E-state index contributed by atoms with van der Waals surface area (Å²) in [6, 6.07) is -0.265. The number of hydrogen-bond acceptors (Lipinski definition) is 4. The molecule has 2 rings (SSSR count). The van der Waals surface area contributed by atoms with E-state index in [-0.39, 0.29) is 11.5 Å². The van der Waals surface area contributed by atoms with E-state index in [4.69, 9.17) is 11.6 Å². The smallest absolute Gasteiger partial charge is 0.187 e. The van der Waals surface area contributed by atoms with E-state index in [0.717, 1.165) is 22.6 Å². The average molecular weight is 243 g/mol. The molecule has 2 atom stereocenters. The van der Waals surface area contributed by atoms with Gasteiger partial charge in [-0.3, -0.25) is 0 Å². The van der Waals surface area contributed by atoms with Gasteiger partial charge in [0.2, 0.25) is 0 Å². The highest BCUT2D eigenvalue weighted by atomic mass is 35.5. The van der Waals surface area contributed by atoms with Crippen LogP contribution in [-0.4, -0.2) is 22.8 Å². The lowest BCUT2D eigenvalue weighted by atomic mass is 10.1. The standard InChI is InChI=1S/C10H11ClN2OS/c1-6-7(2)9(11)13(8(6)5-14)10-12-3-4-15-10/h3-5,8-9H,1-2H3. The Hall–Kier alpha value is -0.870. The Balaban J connectivity index is 2.39. The summed E-state index contributed by atoms with van der Waals surface area (Å²) in [5.41, 5.74) is 1.82. The maximum Gasteiger partial charge on any atom is 0.187 e. The molecule has 3 nitrogen and oxygen atoms in total. The van der Waals surface area contributed by atoms with Crippen LogP contribution in [0.1, 0.15) is 13.8 Å². The number of alkyl halides is 1. The van der Waals surface area contributed by atoms with Crippen LogP contribution in [-0.2, 0) is 4.79 Å². The van der Waals surface area contributed by atoms with Gasteiger partial charge in [-0.25, -0.2) is 4.98 Å². The number of hydrogen-bond donors (Lipinski definition) is 0. The normalized spacial score (nSPS) is 26.2. The van der Waals surface area contributed by atoms with Crippen LogP contribution in [0.5, 0.6) is 0 Å². The van der Waals surface area contributed by atoms with Crippen molar-refractivity contribution in [2.24, 2.45) is 0 Å². The molecule has 0 spiro atoms. The highest BCUT2D eigenvalue weighted by Gasteiger charge is 2.36. The molecule has 2 heterocycles. The molecule has 2 unspecified atom stereocenters. The highest BCUT2D eigenvalue weighted by molar-refractivity contribution is 7.13. The van der Waals surface area contributed by atoms with Crippen molar-refractivity contribution < 1.29 is 4.79 Å². The number of aldehydes is 1. The van der Waals surface area contributed by atoms with E-state index >= 15 is 0 Å². The van der Waals surface area contributed by atoms with Gasteiger partial charge in [0, 0.05) is 11.6 Å². The molecule has 0 saturated carbocycles. The lowest BCUT2D eigenvalue weighted by molar-refractivity contribution is -0.108. The van der Waals surface area contributed by atoms with Gasteiger partial charge in [0.25, 0.3) is 0 Å². The number of rotatable bonds is 2. The van der Waals surface area contributed by atoms with E-state index in [1.54, 1.807) is 6.20 Å². The van der Waals surface area contributed by atoms with Gasteiger partial charge in [-0.2, -0.15) is 0 Å². The molecule has 0 aliphatic carbocycles. The minimum atomic E-state index is -0.265.